The van der Waals surface area contributed by atoms with Crippen LogP contribution in [0, 0.1) is 21.4 Å². The van der Waals surface area contributed by atoms with Crippen LogP contribution >= 0.6 is 0 Å². The number of nitrogens with one attached hydrogen (secondary N) is 1. The molecule has 112 valence electrons. The average Bonchev–Trinajstić information content (AvgIpc) is 3.04. The number of nitriles is 1. The Morgan fingerprint density at radius 1 is 1.30 bits per heavy atom. The molecule has 0 unspecified atom stereocenters. The van der Waals surface area contributed by atoms with Gasteiger partial charge in [0.2, 0.25) is 0 Å². The summed E-state index contributed by atoms with van der Waals surface area (Å²) in [4.78, 5) is 14.4. The molecule has 0 aliphatic heterocycles. The van der Waals surface area contributed by atoms with Gasteiger partial charge in [-0.3, -0.25) is 10.1 Å². The van der Waals surface area contributed by atoms with Gasteiger partial charge in [-0.25, -0.2) is 9.67 Å². The predicted molar refractivity (Wildman–Crippen MR) is 82.5 cm³/mol. The highest BCUT2D eigenvalue weighted by atomic mass is 16.6. The molecule has 0 bridgehead atoms. The van der Waals surface area contributed by atoms with Crippen LogP contribution in [0.3, 0.4) is 0 Å². The third-order valence-corrected chi connectivity index (χ3v) is 3.08. The number of non-ortho nitro benzene ring substituents is 1. The molecule has 0 saturated heterocycles. The molecule has 0 amide bonds. The number of hydrogen-bond acceptors (Lipinski definition) is 6. The molecule has 1 N–H and O–H groups in total. The molecule has 1 aromatic carbocycles. The second-order valence-corrected chi connectivity index (χ2v) is 4.59. The Hall–Kier alpha value is -3.73. The molecule has 8 nitrogen and oxygen atoms in total. The van der Waals surface area contributed by atoms with E-state index in [1.165, 1.54) is 18.2 Å². The zero-order chi connectivity index (χ0) is 16.2. The minimum Gasteiger partial charge on any atom is -0.352 e. The maximum absolute atomic E-state index is 10.8. The van der Waals surface area contributed by atoms with E-state index in [0.29, 0.717) is 17.2 Å². The molecule has 2 heterocycles. The number of hydrogen-bond donors (Lipinski definition) is 1. The van der Waals surface area contributed by atoms with E-state index in [2.05, 4.69) is 15.4 Å². The van der Waals surface area contributed by atoms with Crippen molar-refractivity contribution in [1.82, 2.24) is 14.8 Å². The molecule has 3 aromatic rings. The van der Waals surface area contributed by atoms with Gasteiger partial charge >= 0.3 is 0 Å². The van der Waals surface area contributed by atoms with Crippen LogP contribution in [-0.2, 0) is 0 Å². The van der Waals surface area contributed by atoms with Gasteiger partial charge in [0.15, 0.2) is 5.82 Å². The molecule has 2 aromatic heterocycles. The highest BCUT2D eigenvalue weighted by Gasteiger charge is 2.11. The Bertz CT molecular complexity index is 898. The van der Waals surface area contributed by atoms with Crippen molar-refractivity contribution in [2.24, 2.45) is 0 Å². The molecule has 0 spiro atoms. The highest BCUT2D eigenvalue weighted by molar-refractivity contribution is 5.68. The average molecular weight is 306 g/mol. The summed E-state index contributed by atoms with van der Waals surface area (Å²) in [5.74, 6) is 0.657. The van der Waals surface area contributed by atoms with Crippen molar-refractivity contribution in [1.29, 1.82) is 5.26 Å². The van der Waals surface area contributed by atoms with E-state index in [-0.39, 0.29) is 11.3 Å². The molecule has 0 aliphatic carbocycles. The van der Waals surface area contributed by atoms with Gasteiger partial charge in [0, 0.05) is 18.3 Å². The normalized spacial score (nSPS) is 10.0. The summed E-state index contributed by atoms with van der Waals surface area (Å²) in [6.45, 7) is 0. The van der Waals surface area contributed by atoms with Gasteiger partial charge in [-0.05, 0) is 18.2 Å². The van der Waals surface area contributed by atoms with Crippen LogP contribution in [0.15, 0.2) is 55.0 Å². The minimum atomic E-state index is -0.538. The summed E-state index contributed by atoms with van der Waals surface area (Å²) in [5.41, 5.74) is 1.17. The SMILES string of the molecule is N#Cc1cc([N+](=O)[O-])ccc1Nc1cnn(-c2ccccn2)c1. The lowest BCUT2D eigenvalue weighted by Gasteiger charge is -2.05. The fourth-order valence-electron chi connectivity index (χ4n) is 2.00. The third-order valence-electron chi connectivity index (χ3n) is 3.08. The lowest BCUT2D eigenvalue weighted by molar-refractivity contribution is -0.384. The van der Waals surface area contributed by atoms with Gasteiger partial charge in [-0.15, -0.1) is 0 Å². The van der Waals surface area contributed by atoms with Gasteiger partial charge in [-0.1, -0.05) is 6.07 Å². The predicted octanol–water partition coefficient (Wildman–Crippen LogP) is 2.79. The summed E-state index contributed by atoms with van der Waals surface area (Å²) in [6, 6.07) is 11.5. The highest BCUT2D eigenvalue weighted by Crippen LogP contribution is 2.24. The Kier molecular flexibility index (Phi) is 3.68. The van der Waals surface area contributed by atoms with Gasteiger partial charge in [-0.2, -0.15) is 10.4 Å². The fraction of sp³-hybridized carbons (Fsp3) is 0. The van der Waals surface area contributed by atoms with E-state index in [1.807, 2.05) is 24.3 Å². The standard InChI is InChI=1S/C15H10N6O2/c16-8-11-7-13(21(22)23)4-5-14(11)19-12-9-18-20(10-12)15-3-1-2-6-17-15/h1-7,9-10,19H. The Balaban J connectivity index is 1.87. The van der Waals surface area contributed by atoms with E-state index in [4.69, 9.17) is 5.26 Å². The third kappa shape index (κ3) is 2.98. The molecule has 0 radical (unpaired) electrons. The van der Waals surface area contributed by atoms with Crippen molar-refractivity contribution in [2.75, 3.05) is 5.32 Å². The van der Waals surface area contributed by atoms with Crippen LogP contribution in [0.25, 0.3) is 5.82 Å². The second kappa shape index (κ2) is 5.95. The number of nitro benzene ring substituents is 1. The number of benzene rings is 1. The van der Waals surface area contributed by atoms with Crippen molar-refractivity contribution in [3.05, 3.63) is 70.7 Å². The van der Waals surface area contributed by atoms with E-state index in [0.717, 1.165) is 0 Å². The first-order valence-electron chi connectivity index (χ1n) is 6.59. The maximum Gasteiger partial charge on any atom is 0.270 e. The topological polar surface area (TPSA) is 110 Å². The molecule has 23 heavy (non-hydrogen) atoms. The second-order valence-electron chi connectivity index (χ2n) is 4.59. The van der Waals surface area contributed by atoms with Crippen molar-refractivity contribution < 1.29 is 4.92 Å². The molecule has 0 atom stereocenters. The molecule has 0 saturated carbocycles. The molecular weight excluding hydrogens is 296 g/mol. The first kappa shape index (κ1) is 14.2. The van der Waals surface area contributed by atoms with Crippen LogP contribution < -0.4 is 5.32 Å². The zero-order valence-electron chi connectivity index (χ0n) is 11.7. The number of nitro groups is 1. The van der Waals surface area contributed by atoms with Crippen LogP contribution in [0.2, 0.25) is 0 Å². The van der Waals surface area contributed by atoms with Gasteiger partial charge in [0.25, 0.3) is 5.69 Å². The lowest BCUT2D eigenvalue weighted by atomic mass is 10.1. The largest absolute Gasteiger partial charge is 0.352 e. The quantitative estimate of drug-likeness (QED) is 0.586. The number of anilines is 2. The fourth-order valence-corrected chi connectivity index (χ4v) is 2.00. The smallest absolute Gasteiger partial charge is 0.270 e. The summed E-state index contributed by atoms with van der Waals surface area (Å²) >= 11 is 0. The first-order valence-corrected chi connectivity index (χ1v) is 6.59. The van der Waals surface area contributed by atoms with Crippen molar-refractivity contribution >= 4 is 17.1 Å². The molecule has 0 fully saturated rings. The summed E-state index contributed by atoms with van der Waals surface area (Å²) < 4.78 is 1.58. The van der Waals surface area contributed by atoms with Crippen LogP contribution in [0.4, 0.5) is 17.1 Å². The summed E-state index contributed by atoms with van der Waals surface area (Å²) in [6.07, 6.45) is 4.95. The van der Waals surface area contributed by atoms with Crippen LogP contribution in [0.1, 0.15) is 5.56 Å². The van der Waals surface area contributed by atoms with Gasteiger partial charge in [0.1, 0.15) is 6.07 Å². The van der Waals surface area contributed by atoms with Gasteiger partial charge in [0.05, 0.1) is 34.3 Å². The van der Waals surface area contributed by atoms with Crippen molar-refractivity contribution in [2.45, 2.75) is 0 Å². The monoisotopic (exact) mass is 306 g/mol. The summed E-state index contributed by atoms with van der Waals surface area (Å²) in [5, 5.41) is 27.1. The number of nitrogens with zero attached hydrogens (tertiary/aromatic N) is 5. The molecule has 3 rings (SSSR count). The van der Waals surface area contributed by atoms with E-state index >= 15 is 0 Å². The Labute approximate surface area is 130 Å². The van der Waals surface area contributed by atoms with Gasteiger partial charge < -0.3 is 5.32 Å². The molecule has 0 aliphatic rings. The number of aromatic nitrogens is 3. The molecular formula is C15H10N6O2. The summed E-state index contributed by atoms with van der Waals surface area (Å²) in [7, 11) is 0. The first-order chi connectivity index (χ1) is 11.2. The van der Waals surface area contributed by atoms with E-state index in [1.54, 1.807) is 23.3 Å². The lowest BCUT2D eigenvalue weighted by Crippen LogP contribution is -1.97. The van der Waals surface area contributed by atoms with Crippen molar-refractivity contribution in [3.63, 3.8) is 0 Å². The Morgan fingerprint density at radius 2 is 2.17 bits per heavy atom. The van der Waals surface area contributed by atoms with E-state index in [9.17, 15) is 10.1 Å². The Morgan fingerprint density at radius 3 is 2.87 bits per heavy atom. The van der Waals surface area contributed by atoms with E-state index < -0.39 is 4.92 Å². The number of rotatable bonds is 4. The number of pyridine rings is 1. The zero-order valence-corrected chi connectivity index (χ0v) is 11.7. The minimum absolute atomic E-state index is 0.128. The van der Waals surface area contributed by atoms with Crippen molar-refractivity contribution in [3.8, 4) is 11.9 Å². The maximum atomic E-state index is 10.8. The van der Waals surface area contributed by atoms with Crippen LogP contribution in [0.5, 0.6) is 0 Å². The molecule has 8 heteroatoms. The van der Waals surface area contributed by atoms with Crippen LogP contribution in [-0.4, -0.2) is 19.7 Å².